The Bertz CT molecular complexity index is 1800. The second-order valence-corrected chi connectivity index (χ2v) is 13.1. The van der Waals surface area contributed by atoms with Gasteiger partial charge in [0.25, 0.3) is 0 Å². The summed E-state index contributed by atoms with van der Waals surface area (Å²) in [4.78, 5) is 34.6. The van der Waals surface area contributed by atoms with E-state index < -0.39 is 84.0 Å². The summed E-state index contributed by atoms with van der Waals surface area (Å²) >= 11 is 0. The van der Waals surface area contributed by atoms with Crippen molar-refractivity contribution in [1.29, 1.82) is 0 Å². The van der Waals surface area contributed by atoms with Crippen LogP contribution < -0.4 is 25.4 Å². The molecule has 0 spiro atoms. The van der Waals surface area contributed by atoms with E-state index in [9.17, 15) is 51.7 Å². The Labute approximate surface area is 345 Å². The number of nitrogens with one attached hydrogen (secondary N) is 3. The fraction of sp³-hybridized carbons (Fsp3) is 0.541. The number of rotatable bonds is 27. The monoisotopic (exact) mass is 878 g/mol. The van der Waals surface area contributed by atoms with E-state index >= 15 is 0 Å². The molecule has 4 rings (SSSR count). The molecule has 19 nitrogen and oxygen atoms in total. The minimum absolute atomic E-state index is 0.0525. The highest BCUT2D eigenvalue weighted by Gasteiger charge is 2.44. The van der Waals surface area contributed by atoms with Crippen LogP contribution in [-0.2, 0) is 46.2 Å². The van der Waals surface area contributed by atoms with Crippen LogP contribution in [0.25, 0.3) is 0 Å². The standard InChI is InChI=1S/C37H47F5N6O13/c38-27-28(39)30(41)35(31(42)29(27)40)61-26(50)8-12-56-14-16-58-18-17-57-15-13-55-11-7-23-20-48(47-46-23)10-2-1-9-44-37(54)45-22-3-5-24(6-4-22)59-36-34(53)33(52)32(51)25(60-36)19-43-21-49/h3-6,20-21,25,32-34,36,51-53H,1-2,7-19H2,(H,43,49)(H2,44,45,54)/t25-,32-,33+,34+,36+/m1/s1. The van der Waals surface area contributed by atoms with Crippen LogP contribution in [0.1, 0.15) is 25.0 Å². The Morgan fingerprint density at radius 1 is 0.787 bits per heavy atom. The molecular formula is C37H47F5N6O13. The molecule has 0 bridgehead atoms. The first-order valence-corrected chi connectivity index (χ1v) is 19.0. The maximum Gasteiger partial charge on any atom is 0.319 e. The van der Waals surface area contributed by atoms with Gasteiger partial charge in [0.2, 0.25) is 47.5 Å². The largest absolute Gasteiger partial charge is 0.462 e. The Hall–Kier alpha value is -5.08. The summed E-state index contributed by atoms with van der Waals surface area (Å²) in [5.74, 6) is -14.0. The number of hydrogen-bond acceptors (Lipinski definition) is 15. The van der Waals surface area contributed by atoms with Crippen LogP contribution in [0.4, 0.5) is 32.4 Å². The summed E-state index contributed by atoms with van der Waals surface area (Å²) in [5.41, 5.74) is 1.21. The van der Waals surface area contributed by atoms with Crippen molar-refractivity contribution in [3.8, 4) is 11.5 Å². The highest BCUT2D eigenvalue weighted by Crippen LogP contribution is 2.29. The number of halogens is 5. The van der Waals surface area contributed by atoms with E-state index in [1.165, 1.54) is 12.1 Å². The van der Waals surface area contributed by atoms with E-state index in [1.54, 1.807) is 16.8 Å². The molecule has 1 aliphatic rings. The number of carbonyl (C=O) groups is 3. The van der Waals surface area contributed by atoms with Crippen LogP contribution in [0, 0.1) is 29.1 Å². The van der Waals surface area contributed by atoms with Crippen molar-refractivity contribution in [3.05, 3.63) is 65.2 Å². The molecule has 0 radical (unpaired) electrons. The van der Waals surface area contributed by atoms with E-state index in [1.807, 2.05) is 6.20 Å². The third-order valence-electron chi connectivity index (χ3n) is 8.58. The van der Waals surface area contributed by atoms with Gasteiger partial charge in [0.15, 0.2) is 0 Å². The lowest BCUT2D eigenvalue weighted by Gasteiger charge is -2.40. The molecule has 338 valence electrons. The zero-order valence-corrected chi connectivity index (χ0v) is 32.6. The molecule has 0 unspecified atom stereocenters. The molecule has 3 aromatic rings. The molecule has 1 aromatic heterocycles. The molecule has 0 saturated carbocycles. The summed E-state index contributed by atoms with van der Waals surface area (Å²) in [6.07, 6.45) is -3.21. The van der Waals surface area contributed by atoms with Crippen LogP contribution in [0.5, 0.6) is 11.5 Å². The third-order valence-corrected chi connectivity index (χ3v) is 8.58. The number of urea groups is 1. The quantitative estimate of drug-likeness (QED) is 0.0120. The lowest BCUT2D eigenvalue weighted by Crippen LogP contribution is -2.61. The van der Waals surface area contributed by atoms with Gasteiger partial charge in [0, 0.05) is 37.9 Å². The molecule has 24 heteroatoms. The van der Waals surface area contributed by atoms with Crippen molar-refractivity contribution in [3.63, 3.8) is 0 Å². The first-order valence-electron chi connectivity index (χ1n) is 19.0. The topological polar surface area (TPSA) is 243 Å². The summed E-state index contributed by atoms with van der Waals surface area (Å²) in [6, 6.07) is 5.76. The zero-order chi connectivity index (χ0) is 44.1. The summed E-state index contributed by atoms with van der Waals surface area (Å²) in [5, 5.41) is 46.5. The number of aliphatic hydroxyl groups is 3. The number of nitrogens with zero attached hydrogens (tertiary/aromatic N) is 3. The normalized spacial score (nSPS) is 18.7. The van der Waals surface area contributed by atoms with Crippen molar-refractivity contribution in [2.45, 2.75) is 62.9 Å². The Kier molecular flexibility index (Phi) is 20.4. The summed E-state index contributed by atoms with van der Waals surface area (Å²) in [6.45, 7) is 2.39. The van der Waals surface area contributed by atoms with Gasteiger partial charge in [-0.2, -0.15) is 8.78 Å². The molecule has 61 heavy (non-hydrogen) atoms. The maximum absolute atomic E-state index is 13.6. The zero-order valence-electron chi connectivity index (χ0n) is 32.6. The number of anilines is 1. The predicted octanol–water partition coefficient (Wildman–Crippen LogP) is 1.11. The van der Waals surface area contributed by atoms with E-state index in [4.69, 9.17) is 28.4 Å². The maximum atomic E-state index is 13.6. The van der Waals surface area contributed by atoms with Gasteiger partial charge in [-0.3, -0.25) is 14.3 Å². The number of unbranched alkanes of at least 4 members (excludes halogenated alkanes) is 1. The van der Waals surface area contributed by atoms with Gasteiger partial charge in [0.1, 0.15) is 30.2 Å². The molecular weight excluding hydrogens is 831 g/mol. The van der Waals surface area contributed by atoms with Crippen molar-refractivity contribution >= 4 is 24.1 Å². The molecule has 1 fully saturated rings. The van der Waals surface area contributed by atoms with Crippen LogP contribution in [0.2, 0.25) is 0 Å². The van der Waals surface area contributed by atoms with Gasteiger partial charge in [-0.1, -0.05) is 5.21 Å². The first kappa shape index (κ1) is 48.6. The third kappa shape index (κ3) is 15.7. The molecule has 5 atom stereocenters. The highest BCUT2D eigenvalue weighted by atomic mass is 19.2. The summed E-state index contributed by atoms with van der Waals surface area (Å²) in [7, 11) is 0. The number of benzene rings is 2. The van der Waals surface area contributed by atoms with E-state index in [2.05, 4.69) is 31.0 Å². The fourth-order valence-electron chi connectivity index (χ4n) is 5.37. The van der Waals surface area contributed by atoms with Crippen molar-refractivity contribution in [2.75, 3.05) is 71.3 Å². The average Bonchev–Trinajstić information content (AvgIpc) is 3.71. The summed E-state index contributed by atoms with van der Waals surface area (Å²) < 4.78 is 105. The number of aliphatic hydroxyl groups excluding tert-OH is 3. The van der Waals surface area contributed by atoms with Crippen LogP contribution in [-0.4, -0.2) is 145 Å². The van der Waals surface area contributed by atoms with Gasteiger partial charge in [-0.05, 0) is 37.1 Å². The van der Waals surface area contributed by atoms with Gasteiger partial charge in [0.05, 0.1) is 65.0 Å². The second kappa shape index (κ2) is 25.6. The van der Waals surface area contributed by atoms with Crippen molar-refractivity contribution in [1.82, 2.24) is 25.6 Å². The Balaban J connectivity index is 0.946. The average molecular weight is 879 g/mol. The molecule has 6 N–H and O–H groups in total. The second-order valence-electron chi connectivity index (χ2n) is 13.1. The predicted molar refractivity (Wildman–Crippen MR) is 198 cm³/mol. The SMILES string of the molecule is O=CNC[C@H]1O[C@H](Oc2ccc(NC(=O)NCCCCn3cc(CCOCCOCCOCCOCCC(=O)Oc4c(F)c(F)c(F)c(F)c4F)nn3)cc2)[C@@H](O)[C@@H](O)[C@@H]1O. The molecule has 3 amide bonds. The number of aromatic nitrogens is 3. The van der Waals surface area contributed by atoms with E-state index in [-0.39, 0.29) is 45.3 Å². The number of amides is 3. The highest BCUT2D eigenvalue weighted by molar-refractivity contribution is 5.89. The number of hydrogen-bond donors (Lipinski definition) is 6. The number of ether oxygens (including phenoxy) is 7. The molecule has 2 aromatic carbocycles. The molecule has 0 aliphatic carbocycles. The van der Waals surface area contributed by atoms with Crippen LogP contribution >= 0.6 is 0 Å². The lowest BCUT2D eigenvalue weighted by atomic mass is 9.99. The van der Waals surface area contributed by atoms with Gasteiger partial charge >= 0.3 is 12.0 Å². The fourth-order valence-corrected chi connectivity index (χ4v) is 5.37. The van der Waals surface area contributed by atoms with Gasteiger partial charge < -0.3 is 64.4 Å². The number of aryl methyl sites for hydroxylation is 1. The van der Waals surface area contributed by atoms with Gasteiger partial charge in [-0.25, -0.2) is 18.0 Å². The lowest BCUT2D eigenvalue weighted by molar-refractivity contribution is -0.270. The van der Waals surface area contributed by atoms with Crippen LogP contribution in [0.15, 0.2) is 30.5 Å². The minimum Gasteiger partial charge on any atom is -0.462 e. The molecule has 1 aliphatic heterocycles. The van der Waals surface area contributed by atoms with Crippen LogP contribution in [0.3, 0.4) is 0 Å². The molecule has 2 heterocycles. The number of carbonyl (C=O) groups excluding carboxylic acids is 3. The number of esters is 1. The van der Waals surface area contributed by atoms with Gasteiger partial charge in [-0.15, -0.1) is 5.10 Å². The molecule has 1 saturated heterocycles. The smallest absolute Gasteiger partial charge is 0.319 e. The van der Waals surface area contributed by atoms with Crippen molar-refractivity contribution in [2.24, 2.45) is 0 Å². The first-order chi connectivity index (χ1) is 29.4. The minimum atomic E-state index is -2.36. The van der Waals surface area contributed by atoms with Crippen molar-refractivity contribution < 1.29 is 84.8 Å². The Morgan fingerprint density at radius 3 is 2.03 bits per heavy atom. The van der Waals surface area contributed by atoms with E-state index in [0.29, 0.717) is 57.8 Å². The Morgan fingerprint density at radius 2 is 1.39 bits per heavy atom. The van der Waals surface area contributed by atoms with E-state index in [0.717, 1.165) is 12.1 Å².